The fourth-order valence-electron chi connectivity index (χ4n) is 3.90. The van der Waals surface area contributed by atoms with Gasteiger partial charge in [-0.2, -0.15) is 18.2 Å². The lowest BCUT2D eigenvalue weighted by Crippen LogP contribution is -2.27. The van der Waals surface area contributed by atoms with E-state index in [1.165, 1.54) is 4.57 Å². The molecule has 0 spiro atoms. The maximum Gasteiger partial charge on any atom is 0.416 e. The van der Waals surface area contributed by atoms with Crippen molar-refractivity contribution in [1.29, 1.82) is 0 Å². The molecule has 5 rings (SSSR count). The SMILES string of the molecule is O=c1nc(O)c2cc(C(F)(F)F)cc3c2n1C[C@H](n1cnc2ccccc21)C[SH]3Cl. The highest BCUT2D eigenvalue weighted by atomic mass is 35.7. The molecule has 2 atom stereocenters. The summed E-state index contributed by atoms with van der Waals surface area (Å²) in [5.41, 5.74) is 0.122. The molecule has 1 aliphatic heterocycles. The van der Waals surface area contributed by atoms with Crippen molar-refractivity contribution >= 4 is 42.7 Å². The molecule has 3 heterocycles. The van der Waals surface area contributed by atoms with Crippen molar-refractivity contribution in [3.63, 3.8) is 0 Å². The van der Waals surface area contributed by atoms with Gasteiger partial charge in [0.15, 0.2) is 0 Å². The molecular weight excluding hydrogens is 441 g/mol. The summed E-state index contributed by atoms with van der Waals surface area (Å²) in [5, 5.41) is 10.0. The molecule has 2 aromatic heterocycles. The van der Waals surface area contributed by atoms with Crippen LogP contribution in [0.1, 0.15) is 11.6 Å². The average molecular weight is 455 g/mol. The number of fused-ring (bicyclic) bond motifs is 1. The summed E-state index contributed by atoms with van der Waals surface area (Å²) in [6.45, 7) is 0.146. The number of rotatable bonds is 1. The third kappa shape index (κ3) is 2.93. The first-order valence-electron chi connectivity index (χ1n) is 8.93. The van der Waals surface area contributed by atoms with Gasteiger partial charge in [0.2, 0.25) is 5.88 Å². The smallest absolute Gasteiger partial charge is 0.416 e. The van der Waals surface area contributed by atoms with Gasteiger partial charge in [-0.25, -0.2) is 9.78 Å². The molecule has 156 valence electrons. The van der Waals surface area contributed by atoms with E-state index in [4.69, 9.17) is 10.7 Å². The Morgan fingerprint density at radius 3 is 2.77 bits per heavy atom. The van der Waals surface area contributed by atoms with Crippen LogP contribution in [0.5, 0.6) is 5.88 Å². The highest BCUT2D eigenvalue weighted by Gasteiger charge is 2.35. The molecule has 0 amide bonds. The van der Waals surface area contributed by atoms with E-state index in [9.17, 15) is 23.1 Å². The van der Waals surface area contributed by atoms with Crippen LogP contribution in [0.25, 0.3) is 21.9 Å². The lowest BCUT2D eigenvalue weighted by molar-refractivity contribution is -0.137. The molecule has 0 saturated carbocycles. The summed E-state index contributed by atoms with van der Waals surface area (Å²) in [4.78, 5) is 20.7. The monoisotopic (exact) mass is 454 g/mol. The quantitative estimate of drug-likeness (QED) is 0.422. The molecule has 0 saturated heterocycles. The summed E-state index contributed by atoms with van der Waals surface area (Å²) in [5.74, 6) is -0.402. The molecule has 0 fully saturated rings. The lowest BCUT2D eigenvalue weighted by atomic mass is 10.1. The Hall–Kier alpha value is -2.72. The van der Waals surface area contributed by atoms with Crippen LogP contribution in [0.3, 0.4) is 0 Å². The van der Waals surface area contributed by atoms with Crippen LogP contribution in [0, 0.1) is 0 Å². The third-order valence-electron chi connectivity index (χ3n) is 5.26. The zero-order valence-corrected chi connectivity index (χ0v) is 16.8. The number of hydrogen-bond donors (Lipinski definition) is 2. The fraction of sp³-hybridized carbons (Fsp3) is 0.211. The Balaban J connectivity index is 1.76. The molecule has 1 aliphatic rings. The minimum Gasteiger partial charge on any atom is -0.493 e. The van der Waals surface area contributed by atoms with Crippen molar-refractivity contribution in [2.45, 2.75) is 23.7 Å². The number of benzene rings is 2. The molecule has 1 unspecified atom stereocenters. The number of halogens is 4. The van der Waals surface area contributed by atoms with Crippen LogP contribution in [0.4, 0.5) is 13.2 Å². The van der Waals surface area contributed by atoms with Gasteiger partial charge in [0.25, 0.3) is 0 Å². The summed E-state index contributed by atoms with van der Waals surface area (Å²) < 4.78 is 43.5. The Labute approximate surface area is 174 Å². The topological polar surface area (TPSA) is 72.9 Å². The van der Waals surface area contributed by atoms with E-state index in [2.05, 4.69) is 9.97 Å². The standard InChI is InChI=1S/C19H14ClF3N4O2S/c20-30-8-11(27-9-24-13-3-1-2-4-14(13)27)7-26-16-12(17(28)25-18(26)29)5-10(6-15(16)30)19(21,22)23/h1-6,9,11,30H,7-8H2,(H,25,28,29)/t11-/m0/s1. The van der Waals surface area contributed by atoms with E-state index in [0.717, 1.165) is 23.2 Å². The summed E-state index contributed by atoms with van der Waals surface area (Å²) in [6, 6.07) is 8.91. The highest BCUT2D eigenvalue weighted by Crippen LogP contribution is 2.51. The van der Waals surface area contributed by atoms with Crippen LogP contribution in [-0.2, 0) is 12.7 Å². The zero-order chi connectivity index (χ0) is 21.2. The molecule has 1 N–H and O–H groups in total. The number of alkyl halides is 3. The number of aromatic hydroxyl groups is 1. The molecule has 2 aromatic carbocycles. The van der Waals surface area contributed by atoms with Gasteiger partial charge in [-0.3, -0.25) is 4.57 Å². The maximum atomic E-state index is 13.4. The first-order chi connectivity index (χ1) is 14.2. The maximum absolute atomic E-state index is 13.4. The van der Waals surface area contributed by atoms with E-state index in [1.807, 2.05) is 28.8 Å². The summed E-state index contributed by atoms with van der Waals surface area (Å²) >= 11 is 0. The highest BCUT2D eigenvalue weighted by molar-refractivity contribution is 8.36. The van der Waals surface area contributed by atoms with Crippen LogP contribution in [0.2, 0.25) is 0 Å². The average Bonchev–Trinajstić information content (AvgIpc) is 3.06. The van der Waals surface area contributed by atoms with Crippen molar-refractivity contribution < 1.29 is 18.3 Å². The summed E-state index contributed by atoms with van der Waals surface area (Å²) in [6.07, 6.45) is -2.99. The van der Waals surface area contributed by atoms with Crippen molar-refractivity contribution in [3.05, 3.63) is 58.8 Å². The Morgan fingerprint density at radius 2 is 2.00 bits per heavy atom. The van der Waals surface area contributed by atoms with E-state index >= 15 is 0 Å². The van der Waals surface area contributed by atoms with Crippen molar-refractivity contribution in [2.75, 3.05) is 5.75 Å². The van der Waals surface area contributed by atoms with Gasteiger partial charge < -0.3 is 9.67 Å². The molecule has 4 aromatic rings. The largest absolute Gasteiger partial charge is 0.493 e. The molecule has 6 nitrogen and oxygen atoms in total. The second kappa shape index (κ2) is 6.64. The van der Waals surface area contributed by atoms with Gasteiger partial charge in [0.05, 0.1) is 39.9 Å². The van der Waals surface area contributed by atoms with Crippen molar-refractivity contribution in [1.82, 2.24) is 19.1 Å². The number of nitrogens with zero attached hydrogens (tertiary/aromatic N) is 4. The van der Waals surface area contributed by atoms with Crippen LogP contribution in [-0.4, -0.2) is 30.0 Å². The van der Waals surface area contributed by atoms with Gasteiger partial charge in [0, 0.05) is 17.2 Å². The van der Waals surface area contributed by atoms with Gasteiger partial charge in [0.1, 0.15) is 0 Å². The number of thiol groups is 1. The minimum atomic E-state index is -4.63. The number of aromatic nitrogens is 4. The van der Waals surface area contributed by atoms with E-state index in [-0.39, 0.29) is 28.4 Å². The van der Waals surface area contributed by atoms with Gasteiger partial charge in [-0.15, -0.1) is 10.1 Å². The van der Waals surface area contributed by atoms with Crippen LogP contribution in [0.15, 0.2) is 52.4 Å². The van der Waals surface area contributed by atoms with Crippen LogP contribution < -0.4 is 5.69 Å². The Kier molecular flexibility index (Phi) is 4.26. The predicted octanol–water partition coefficient (Wildman–Crippen LogP) is 4.24. The number of para-hydroxylation sites is 2. The third-order valence-corrected chi connectivity index (χ3v) is 7.83. The number of hydrogen-bond acceptors (Lipinski definition) is 4. The van der Waals surface area contributed by atoms with E-state index in [0.29, 0.717) is 5.75 Å². The first kappa shape index (κ1) is 19.3. The number of imidazole rings is 1. The molecule has 0 radical (unpaired) electrons. The molecular formula is C19H14ClF3N4O2S. The Morgan fingerprint density at radius 1 is 1.23 bits per heavy atom. The first-order valence-corrected chi connectivity index (χ1v) is 11.4. The van der Waals surface area contributed by atoms with Crippen LogP contribution >= 0.6 is 20.8 Å². The van der Waals surface area contributed by atoms with Gasteiger partial charge in [-0.05, 0) is 24.3 Å². The lowest BCUT2D eigenvalue weighted by Gasteiger charge is -2.21. The Bertz CT molecular complexity index is 1370. The normalized spacial score (nSPS) is 20.5. The van der Waals surface area contributed by atoms with E-state index in [1.54, 1.807) is 6.33 Å². The van der Waals surface area contributed by atoms with Crippen molar-refractivity contribution in [2.24, 2.45) is 0 Å². The molecule has 30 heavy (non-hydrogen) atoms. The van der Waals surface area contributed by atoms with Gasteiger partial charge >= 0.3 is 11.9 Å². The molecule has 0 aliphatic carbocycles. The zero-order valence-electron chi connectivity index (χ0n) is 15.1. The van der Waals surface area contributed by atoms with E-state index < -0.39 is 33.4 Å². The summed E-state index contributed by atoms with van der Waals surface area (Å²) in [7, 11) is 5.07. The van der Waals surface area contributed by atoms with Gasteiger partial charge in [-0.1, -0.05) is 22.8 Å². The minimum absolute atomic E-state index is 0.135. The second-order valence-corrected chi connectivity index (χ2v) is 9.85. The second-order valence-electron chi connectivity index (χ2n) is 7.06. The fourth-order valence-corrected chi connectivity index (χ4v) is 6.37. The van der Waals surface area contributed by atoms with Crippen molar-refractivity contribution in [3.8, 4) is 5.88 Å². The predicted molar refractivity (Wildman–Crippen MR) is 109 cm³/mol. The molecule has 0 bridgehead atoms. The molecule has 11 heteroatoms.